The summed E-state index contributed by atoms with van der Waals surface area (Å²) < 4.78 is 0. The number of rotatable bonds is 6. The van der Waals surface area contributed by atoms with Crippen molar-refractivity contribution in [3.63, 3.8) is 0 Å². The normalized spacial score (nSPS) is 10.1. The molecule has 0 spiro atoms. The molecule has 20 heavy (non-hydrogen) atoms. The molecule has 0 saturated heterocycles. The molecule has 2 amide bonds. The minimum Gasteiger partial charge on any atom is -0.480 e. The topological polar surface area (TPSA) is 111 Å². The van der Waals surface area contributed by atoms with E-state index in [0.717, 1.165) is 15.5 Å². The van der Waals surface area contributed by atoms with Crippen molar-refractivity contribution in [1.82, 2.24) is 14.8 Å². The van der Waals surface area contributed by atoms with Gasteiger partial charge in [-0.3, -0.25) is 9.59 Å². The highest BCUT2D eigenvalue weighted by molar-refractivity contribution is 7.09. The van der Waals surface area contributed by atoms with E-state index in [-0.39, 0.29) is 6.54 Å². The van der Waals surface area contributed by atoms with Crippen LogP contribution in [0.4, 0.5) is 4.79 Å². The second-order valence-electron chi connectivity index (χ2n) is 4.14. The van der Waals surface area contributed by atoms with E-state index in [0.29, 0.717) is 0 Å². The van der Waals surface area contributed by atoms with Crippen LogP contribution in [0.2, 0.25) is 0 Å². The summed E-state index contributed by atoms with van der Waals surface area (Å²) >= 11 is 1.38. The largest absolute Gasteiger partial charge is 0.480 e. The lowest BCUT2D eigenvalue weighted by Crippen LogP contribution is -2.45. The predicted octanol–water partition coefficient (Wildman–Crippen LogP) is 0.475. The second-order valence-corrected chi connectivity index (χ2v) is 5.08. The lowest BCUT2D eigenvalue weighted by atomic mass is 10.3. The number of carboxylic acids is 2. The van der Waals surface area contributed by atoms with Gasteiger partial charge in [0, 0.05) is 11.9 Å². The van der Waals surface area contributed by atoms with Crippen LogP contribution in [0.1, 0.15) is 10.6 Å². The Labute approximate surface area is 119 Å². The van der Waals surface area contributed by atoms with Crippen LogP contribution in [0.25, 0.3) is 0 Å². The number of amides is 2. The number of hydrogen-bond donors (Lipinski definition) is 2. The summed E-state index contributed by atoms with van der Waals surface area (Å²) in [6, 6.07) is -0.650. The molecule has 0 saturated carbocycles. The Balaban J connectivity index is 2.74. The van der Waals surface area contributed by atoms with E-state index in [1.54, 1.807) is 12.4 Å². The maximum absolute atomic E-state index is 12.1. The van der Waals surface area contributed by atoms with Gasteiger partial charge in [0.1, 0.15) is 13.1 Å². The highest BCUT2D eigenvalue weighted by atomic mass is 32.1. The van der Waals surface area contributed by atoms with Crippen molar-refractivity contribution in [2.24, 2.45) is 0 Å². The second kappa shape index (κ2) is 6.85. The summed E-state index contributed by atoms with van der Waals surface area (Å²) in [6.45, 7) is 0.746. The fourth-order valence-electron chi connectivity index (χ4n) is 1.52. The average Bonchev–Trinajstić information content (AvgIpc) is 2.72. The van der Waals surface area contributed by atoms with Gasteiger partial charge in [0.15, 0.2) is 0 Å². The molecular formula is C11H15N3O5S. The quantitative estimate of drug-likeness (QED) is 0.790. The van der Waals surface area contributed by atoms with Gasteiger partial charge in [-0.15, -0.1) is 11.3 Å². The molecule has 0 bridgehead atoms. The molecule has 0 aromatic carbocycles. The third-order valence-corrected chi connectivity index (χ3v) is 3.39. The number of carbonyl (C=O) groups excluding carboxylic acids is 1. The first kappa shape index (κ1) is 15.9. The molecule has 1 aromatic heterocycles. The van der Waals surface area contributed by atoms with Gasteiger partial charge in [0.05, 0.1) is 17.7 Å². The van der Waals surface area contributed by atoms with Gasteiger partial charge in [-0.1, -0.05) is 0 Å². The van der Waals surface area contributed by atoms with Crippen LogP contribution in [0.15, 0.2) is 5.51 Å². The Hall–Kier alpha value is -2.16. The minimum atomic E-state index is -1.26. The molecule has 1 aromatic rings. The van der Waals surface area contributed by atoms with Gasteiger partial charge in [-0.2, -0.15) is 0 Å². The van der Waals surface area contributed by atoms with Crippen molar-refractivity contribution < 1.29 is 24.6 Å². The van der Waals surface area contributed by atoms with Crippen LogP contribution in [0, 0.1) is 6.92 Å². The lowest BCUT2D eigenvalue weighted by Gasteiger charge is -2.25. The monoisotopic (exact) mass is 301 g/mol. The summed E-state index contributed by atoms with van der Waals surface area (Å²) in [6.07, 6.45) is 0. The number of hydrogen-bond acceptors (Lipinski definition) is 5. The number of aryl methyl sites for hydroxylation is 1. The Bertz CT molecular complexity index is 500. The Morgan fingerprint density at radius 3 is 2.20 bits per heavy atom. The first-order chi connectivity index (χ1) is 9.31. The van der Waals surface area contributed by atoms with E-state index >= 15 is 0 Å². The number of nitrogens with zero attached hydrogens (tertiary/aromatic N) is 3. The minimum absolute atomic E-state index is 0.255. The van der Waals surface area contributed by atoms with Crippen LogP contribution < -0.4 is 0 Å². The Morgan fingerprint density at radius 2 is 1.80 bits per heavy atom. The maximum atomic E-state index is 12.1. The van der Waals surface area contributed by atoms with Gasteiger partial charge in [-0.25, -0.2) is 9.78 Å². The van der Waals surface area contributed by atoms with Crippen molar-refractivity contribution in [2.45, 2.75) is 13.5 Å². The fourth-order valence-corrected chi connectivity index (χ4v) is 2.35. The Morgan fingerprint density at radius 1 is 1.25 bits per heavy atom. The van der Waals surface area contributed by atoms with Crippen molar-refractivity contribution >= 4 is 29.3 Å². The summed E-state index contributed by atoms with van der Waals surface area (Å²) in [5.74, 6) is -2.52. The molecule has 110 valence electrons. The van der Waals surface area contributed by atoms with E-state index in [1.165, 1.54) is 23.3 Å². The van der Waals surface area contributed by atoms with Crippen LogP contribution in [0.3, 0.4) is 0 Å². The molecule has 0 aliphatic heterocycles. The number of aromatic nitrogens is 1. The third-order valence-electron chi connectivity index (χ3n) is 2.47. The molecule has 1 heterocycles. The highest BCUT2D eigenvalue weighted by Gasteiger charge is 2.23. The Kier molecular flexibility index (Phi) is 5.44. The first-order valence-electron chi connectivity index (χ1n) is 5.63. The SMILES string of the molecule is Cc1ncsc1CN(C)C(=O)N(CC(=O)O)CC(=O)O. The summed E-state index contributed by atoms with van der Waals surface area (Å²) in [7, 11) is 1.48. The molecular weight excluding hydrogens is 286 g/mol. The molecule has 0 unspecified atom stereocenters. The van der Waals surface area contributed by atoms with Crippen molar-refractivity contribution in [3.8, 4) is 0 Å². The maximum Gasteiger partial charge on any atom is 0.323 e. The zero-order chi connectivity index (χ0) is 15.3. The van der Waals surface area contributed by atoms with Gasteiger partial charge in [0.25, 0.3) is 0 Å². The van der Waals surface area contributed by atoms with Gasteiger partial charge < -0.3 is 20.0 Å². The predicted molar refractivity (Wildman–Crippen MR) is 70.6 cm³/mol. The van der Waals surface area contributed by atoms with Gasteiger partial charge in [0.2, 0.25) is 0 Å². The van der Waals surface area contributed by atoms with Gasteiger partial charge in [-0.05, 0) is 6.92 Å². The number of urea groups is 1. The average molecular weight is 301 g/mol. The molecule has 8 nitrogen and oxygen atoms in total. The van der Waals surface area contributed by atoms with E-state index in [9.17, 15) is 14.4 Å². The zero-order valence-electron chi connectivity index (χ0n) is 11.1. The summed E-state index contributed by atoms with van der Waals surface area (Å²) in [5.41, 5.74) is 2.44. The molecule has 0 aliphatic rings. The summed E-state index contributed by atoms with van der Waals surface area (Å²) in [5, 5.41) is 17.4. The first-order valence-corrected chi connectivity index (χ1v) is 6.51. The third kappa shape index (κ3) is 4.50. The molecule has 1 rings (SSSR count). The molecule has 2 N–H and O–H groups in total. The van der Waals surface area contributed by atoms with Crippen molar-refractivity contribution in [1.29, 1.82) is 0 Å². The van der Waals surface area contributed by atoms with Crippen LogP contribution in [0.5, 0.6) is 0 Å². The van der Waals surface area contributed by atoms with Crippen LogP contribution in [-0.2, 0) is 16.1 Å². The molecule has 0 aliphatic carbocycles. The standard InChI is InChI=1S/C11H15N3O5S/c1-7-8(20-6-12-7)3-13(2)11(19)14(4-9(15)16)5-10(17)18/h6H,3-5H2,1-2H3,(H,15,16)(H,17,18). The number of carbonyl (C=O) groups is 3. The molecule has 0 fully saturated rings. The van der Waals surface area contributed by atoms with E-state index in [4.69, 9.17) is 10.2 Å². The van der Waals surface area contributed by atoms with E-state index in [2.05, 4.69) is 4.98 Å². The molecule has 0 atom stereocenters. The van der Waals surface area contributed by atoms with Gasteiger partial charge >= 0.3 is 18.0 Å². The van der Waals surface area contributed by atoms with E-state index < -0.39 is 31.1 Å². The van der Waals surface area contributed by atoms with Crippen LogP contribution in [-0.4, -0.2) is 63.1 Å². The van der Waals surface area contributed by atoms with E-state index in [1.807, 2.05) is 0 Å². The molecule has 0 radical (unpaired) electrons. The van der Waals surface area contributed by atoms with Crippen molar-refractivity contribution in [2.75, 3.05) is 20.1 Å². The summed E-state index contributed by atoms with van der Waals surface area (Å²) in [4.78, 5) is 40.4. The van der Waals surface area contributed by atoms with Crippen molar-refractivity contribution in [3.05, 3.63) is 16.1 Å². The van der Waals surface area contributed by atoms with Crippen LogP contribution >= 0.6 is 11.3 Å². The highest BCUT2D eigenvalue weighted by Crippen LogP contribution is 2.15. The zero-order valence-corrected chi connectivity index (χ0v) is 11.9. The molecule has 9 heteroatoms. The number of aliphatic carboxylic acids is 2. The smallest absolute Gasteiger partial charge is 0.323 e. The number of thiazole rings is 1. The lowest BCUT2D eigenvalue weighted by molar-refractivity contribution is -0.140. The fraction of sp³-hybridized carbons (Fsp3) is 0.455. The number of carboxylic acid groups (broad SMARTS) is 2.